The Labute approximate surface area is 115 Å². The summed E-state index contributed by atoms with van der Waals surface area (Å²) in [5.74, 6) is 6.58. The molecule has 2 aromatic heterocycles. The number of nitrogens with two attached hydrogens (primary N) is 1. The Kier molecular flexibility index (Phi) is 4.04. The van der Waals surface area contributed by atoms with Crippen molar-refractivity contribution >= 4 is 24.3 Å². The van der Waals surface area contributed by atoms with Crippen LogP contribution in [0.2, 0.25) is 0 Å². The van der Waals surface area contributed by atoms with Crippen molar-refractivity contribution in [2.24, 2.45) is 0 Å². The SMILES string of the molecule is N=Cc1cc(C#Cc2ccnc(NC=O)c2)cnc1N. The van der Waals surface area contributed by atoms with E-state index in [-0.39, 0.29) is 0 Å². The summed E-state index contributed by atoms with van der Waals surface area (Å²) in [5.41, 5.74) is 7.48. The Hall–Kier alpha value is -3.20. The summed E-state index contributed by atoms with van der Waals surface area (Å²) in [6.07, 6.45) is 4.78. The molecule has 0 saturated heterocycles. The van der Waals surface area contributed by atoms with Gasteiger partial charge in [-0.1, -0.05) is 11.8 Å². The average Bonchev–Trinajstić information content (AvgIpc) is 2.47. The molecule has 6 heteroatoms. The van der Waals surface area contributed by atoms with Gasteiger partial charge in [0.2, 0.25) is 6.41 Å². The lowest BCUT2D eigenvalue weighted by molar-refractivity contribution is -0.105. The molecule has 0 aliphatic heterocycles. The Balaban J connectivity index is 2.28. The number of carbonyl (C=O) groups is 1. The molecule has 0 aliphatic rings. The predicted octanol–water partition coefficient (Wildman–Crippen LogP) is 1.02. The van der Waals surface area contributed by atoms with Gasteiger partial charge in [0.05, 0.1) is 0 Å². The summed E-state index contributed by atoms with van der Waals surface area (Å²) in [5, 5.41) is 9.66. The molecule has 2 heterocycles. The largest absolute Gasteiger partial charge is 0.383 e. The smallest absolute Gasteiger partial charge is 0.212 e. The first-order chi connectivity index (χ1) is 9.72. The number of amides is 1. The zero-order valence-corrected chi connectivity index (χ0v) is 10.4. The van der Waals surface area contributed by atoms with Crippen LogP contribution in [0.3, 0.4) is 0 Å². The molecule has 0 spiro atoms. The van der Waals surface area contributed by atoms with Crippen LogP contribution in [0.1, 0.15) is 16.7 Å². The van der Waals surface area contributed by atoms with Crippen molar-refractivity contribution in [1.82, 2.24) is 9.97 Å². The third-order valence-corrected chi connectivity index (χ3v) is 2.42. The monoisotopic (exact) mass is 265 g/mol. The van der Waals surface area contributed by atoms with Crippen LogP contribution in [-0.4, -0.2) is 22.6 Å². The molecule has 0 atom stereocenters. The number of anilines is 2. The summed E-state index contributed by atoms with van der Waals surface area (Å²) >= 11 is 0. The maximum Gasteiger partial charge on any atom is 0.212 e. The first-order valence-electron chi connectivity index (χ1n) is 5.67. The van der Waals surface area contributed by atoms with Crippen LogP contribution in [0.4, 0.5) is 11.6 Å². The lowest BCUT2D eigenvalue weighted by Crippen LogP contribution is -1.97. The Morgan fingerprint density at radius 1 is 1.25 bits per heavy atom. The molecule has 0 unspecified atom stereocenters. The van der Waals surface area contributed by atoms with Gasteiger partial charge in [0.15, 0.2) is 0 Å². The lowest BCUT2D eigenvalue weighted by atomic mass is 10.2. The Bertz CT molecular complexity index is 715. The highest BCUT2D eigenvalue weighted by Gasteiger charge is 1.98. The van der Waals surface area contributed by atoms with E-state index in [1.54, 1.807) is 30.6 Å². The normalized spacial score (nSPS) is 9.20. The van der Waals surface area contributed by atoms with Crippen molar-refractivity contribution < 1.29 is 4.79 Å². The van der Waals surface area contributed by atoms with Crippen LogP contribution >= 0.6 is 0 Å². The quantitative estimate of drug-likeness (QED) is 0.438. The molecule has 4 N–H and O–H groups in total. The minimum absolute atomic E-state index is 0.298. The second-order valence-electron chi connectivity index (χ2n) is 3.78. The van der Waals surface area contributed by atoms with E-state index >= 15 is 0 Å². The molecule has 20 heavy (non-hydrogen) atoms. The van der Waals surface area contributed by atoms with Crippen molar-refractivity contribution in [2.75, 3.05) is 11.1 Å². The van der Waals surface area contributed by atoms with Gasteiger partial charge in [-0.25, -0.2) is 9.97 Å². The summed E-state index contributed by atoms with van der Waals surface area (Å²) in [7, 11) is 0. The summed E-state index contributed by atoms with van der Waals surface area (Å²) in [4.78, 5) is 18.3. The van der Waals surface area contributed by atoms with Gasteiger partial charge >= 0.3 is 0 Å². The predicted molar refractivity (Wildman–Crippen MR) is 76.4 cm³/mol. The molecule has 0 bridgehead atoms. The highest BCUT2D eigenvalue weighted by molar-refractivity contribution is 5.83. The molecular weight excluding hydrogens is 254 g/mol. The minimum Gasteiger partial charge on any atom is -0.383 e. The molecule has 0 aromatic carbocycles. The van der Waals surface area contributed by atoms with Crippen LogP contribution < -0.4 is 11.1 Å². The fourth-order valence-electron chi connectivity index (χ4n) is 1.47. The molecule has 1 amide bonds. The number of hydrogen-bond donors (Lipinski definition) is 3. The van der Waals surface area contributed by atoms with Crippen molar-refractivity contribution in [3.05, 3.63) is 47.3 Å². The van der Waals surface area contributed by atoms with Crippen molar-refractivity contribution in [3.63, 3.8) is 0 Å². The maximum atomic E-state index is 10.3. The number of hydrogen-bond acceptors (Lipinski definition) is 5. The van der Waals surface area contributed by atoms with E-state index in [0.717, 1.165) is 6.21 Å². The molecule has 0 aliphatic carbocycles. The van der Waals surface area contributed by atoms with Gasteiger partial charge in [-0.3, -0.25) is 4.79 Å². The van der Waals surface area contributed by atoms with E-state index in [0.29, 0.717) is 34.7 Å². The molecule has 6 nitrogen and oxygen atoms in total. The number of pyridine rings is 2. The van der Waals surface area contributed by atoms with Crippen molar-refractivity contribution in [3.8, 4) is 11.8 Å². The van der Waals surface area contributed by atoms with Gasteiger partial charge in [-0.05, 0) is 18.2 Å². The molecule has 0 fully saturated rings. The summed E-state index contributed by atoms with van der Waals surface area (Å²) in [6, 6.07) is 5.07. The number of nitrogens with zero attached hydrogens (tertiary/aromatic N) is 2. The van der Waals surface area contributed by atoms with Crippen LogP contribution in [0, 0.1) is 17.3 Å². The van der Waals surface area contributed by atoms with E-state index in [1.807, 2.05) is 0 Å². The molecular formula is C14H11N5O. The first kappa shape index (κ1) is 13.2. The fraction of sp³-hybridized carbons (Fsp3) is 0. The second-order valence-corrected chi connectivity index (χ2v) is 3.78. The topological polar surface area (TPSA) is 105 Å². The van der Waals surface area contributed by atoms with E-state index in [1.165, 1.54) is 0 Å². The molecule has 0 saturated carbocycles. The molecule has 2 rings (SSSR count). The maximum absolute atomic E-state index is 10.3. The summed E-state index contributed by atoms with van der Waals surface area (Å²) in [6.45, 7) is 0. The third-order valence-electron chi connectivity index (χ3n) is 2.42. The number of rotatable bonds is 3. The van der Waals surface area contributed by atoms with Gasteiger partial charge in [0, 0.05) is 35.3 Å². The van der Waals surface area contributed by atoms with Crippen molar-refractivity contribution in [1.29, 1.82) is 5.41 Å². The Morgan fingerprint density at radius 3 is 2.80 bits per heavy atom. The third kappa shape index (κ3) is 3.17. The van der Waals surface area contributed by atoms with Crippen LogP contribution in [0.25, 0.3) is 0 Å². The number of nitrogen functional groups attached to an aromatic ring is 1. The van der Waals surface area contributed by atoms with Gasteiger partial charge in [-0.2, -0.15) is 0 Å². The lowest BCUT2D eigenvalue weighted by Gasteiger charge is -1.98. The van der Waals surface area contributed by atoms with Gasteiger partial charge in [0.1, 0.15) is 11.6 Å². The number of carbonyl (C=O) groups excluding carboxylic acids is 1. The standard InChI is InChI=1S/C14H11N5O/c15-7-12-5-11(8-18-14(12)16)2-1-10-3-4-17-13(6-10)19-9-20/h3-9,15H,(H2,16,18)(H,17,19,20). The van der Waals surface area contributed by atoms with E-state index < -0.39 is 0 Å². The highest BCUT2D eigenvalue weighted by Crippen LogP contribution is 2.08. The first-order valence-corrected chi connectivity index (χ1v) is 5.67. The van der Waals surface area contributed by atoms with Crippen LogP contribution in [0.5, 0.6) is 0 Å². The van der Waals surface area contributed by atoms with Gasteiger partial charge < -0.3 is 16.5 Å². The minimum atomic E-state index is 0.298. The molecule has 98 valence electrons. The van der Waals surface area contributed by atoms with E-state index in [2.05, 4.69) is 27.1 Å². The highest BCUT2D eigenvalue weighted by atomic mass is 16.1. The number of aromatic nitrogens is 2. The zero-order valence-electron chi connectivity index (χ0n) is 10.4. The van der Waals surface area contributed by atoms with Gasteiger partial charge in [-0.15, -0.1) is 0 Å². The number of nitrogens with one attached hydrogen (secondary N) is 2. The molecule has 0 radical (unpaired) electrons. The van der Waals surface area contributed by atoms with Crippen LogP contribution in [-0.2, 0) is 4.79 Å². The van der Waals surface area contributed by atoms with Crippen molar-refractivity contribution in [2.45, 2.75) is 0 Å². The van der Waals surface area contributed by atoms with E-state index in [4.69, 9.17) is 11.1 Å². The second kappa shape index (κ2) is 6.11. The van der Waals surface area contributed by atoms with Gasteiger partial charge in [0.25, 0.3) is 0 Å². The Morgan fingerprint density at radius 2 is 2.05 bits per heavy atom. The van der Waals surface area contributed by atoms with E-state index in [9.17, 15) is 4.79 Å². The summed E-state index contributed by atoms with van der Waals surface area (Å²) < 4.78 is 0. The zero-order chi connectivity index (χ0) is 14.4. The molecule has 2 aromatic rings. The average molecular weight is 265 g/mol. The van der Waals surface area contributed by atoms with Crippen LogP contribution in [0.15, 0.2) is 30.6 Å². The fourth-order valence-corrected chi connectivity index (χ4v) is 1.47.